The van der Waals surface area contributed by atoms with Crippen molar-refractivity contribution in [3.8, 4) is 0 Å². The monoisotopic (exact) mass is 1160 g/mol. The van der Waals surface area contributed by atoms with Gasteiger partial charge in [0.1, 0.15) is 13.2 Å². The zero-order chi connectivity index (χ0) is 59.2. The van der Waals surface area contributed by atoms with E-state index in [-0.39, 0.29) is 31.1 Å². The van der Waals surface area contributed by atoms with Gasteiger partial charge in [0, 0.05) is 19.3 Å². The number of esters is 3. The molecular formula is C76H146O6. The van der Waals surface area contributed by atoms with Gasteiger partial charge in [-0.3, -0.25) is 14.4 Å². The third kappa shape index (κ3) is 68.9. The fraction of sp³-hybridized carbons (Fsp3) is 0.934. The Morgan fingerprint density at radius 2 is 0.402 bits per heavy atom. The summed E-state index contributed by atoms with van der Waals surface area (Å²) in [4.78, 5) is 38.4. The first-order chi connectivity index (χ1) is 40.5. The lowest BCUT2D eigenvalue weighted by atomic mass is 10.0. The van der Waals surface area contributed by atoms with E-state index in [1.165, 1.54) is 334 Å². The maximum absolute atomic E-state index is 12.9. The minimum atomic E-state index is -0.771. The topological polar surface area (TPSA) is 78.9 Å². The Kier molecular flexibility index (Phi) is 70.0. The second-order valence-corrected chi connectivity index (χ2v) is 25.9. The van der Waals surface area contributed by atoms with Crippen molar-refractivity contribution in [3.63, 3.8) is 0 Å². The smallest absolute Gasteiger partial charge is 0.306 e. The molecule has 0 saturated carbocycles. The number of ether oxygens (including phenoxy) is 3. The summed E-state index contributed by atoms with van der Waals surface area (Å²) in [6.07, 6.45) is 87.1. The molecule has 0 spiro atoms. The van der Waals surface area contributed by atoms with Gasteiger partial charge in [0.2, 0.25) is 0 Å². The van der Waals surface area contributed by atoms with E-state index in [2.05, 4.69) is 32.9 Å². The largest absolute Gasteiger partial charge is 0.462 e. The lowest BCUT2D eigenvalue weighted by Crippen LogP contribution is -2.30. The number of rotatable bonds is 71. The Morgan fingerprint density at radius 1 is 0.232 bits per heavy atom. The number of carbonyl (C=O) groups is 3. The van der Waals surface area contributed by atoms with Crippen molar-refractivity contribution >= 4 is 17.9 Å². The van der Waals surface area contributed by atoms with E-state index in [1.807, 2.05) is 0 Å². The minimum absolute atomic E-state index is 0.0667. The summed E-state index contributed by atoms with van der Waals surface area (Å²) in [5.74, 6) is -0.841. The highest BCUT2D eigenvalue weighted by atomic mass is 16.6. The molecule has 82 heavy (non-hydrogen) atoms. The van der Waals surface area contributed by atoms with Crippen molar-refractivity contribution in [2.75, 3.05) is 13.2 Å². The normalized spacial score (nSPS) is 12.0. The van der Waals surface area contributed by atoms with Crippen LogP contribution in [0, 0.1) is 0 Å². The van der Waals surface area contributed by atoms with Gasteiger partial charge in [-0.05, 0) is 44.9 Å². The first kappa shape index (κ1) is 80.2. The predicted octanol–water partition coefficient (Wildman–Crippen LogP) is 26.0. The van der Waals surface area contributed by atoms with Crippen molar-refractivity contribution in [2.24, 2.45) is 0 Å². The Morgan fingerprint density at radius 3 is 0.610 bits per heavy atom. The number of allylic oxidation sites excluding steroid dienone is 2. The van der Waals surface area contributed by atoms with E-state index >= 15 is 0 Å². The molecule has 0 heterocycles. The van der Waals surface area contributed by atoms with E-state index in [0.717, 1.165) is 64.2 Å². The standard InChI is InChI=1S/C76H146O6/c1-4-7-10-13-16-19-22-25-28-29-30-31-32-33-34-35-36-37-38-39-40-41-42-43-44-45-46-47-49-51-54-57-60-63-66-69-75(78)81-72-73(71-80-74(77)68-65-62-59-56-53-50-27-24-21-18-15-12-9-6-3)82-76(79)70-67-64-61-58-55-52-48-26-23-20-17-14-11-8-5-2/h26,48,73H,4-25,27-47,49-72H2,1-3H3/b48-26-. The van der Waals surface area contributed by atoms with Crippen LogP contribution in [-0.2, 0) is 28.6 Å². The molecule has 0 amide bonds. The molecule has 0 aromatic carbocycles. The molecule has 6 nitrogen and oxygen atoms in total. The Balaban J connectivity index is 4.03. The molecule has 1 atom stereocenters. The molecule has 0 aliphatic rings. The number of hydrogen-bond donors (Lipinski definition) is 0. The molecule has 0 aromatic rings. The third-order valence-corrected chi connectivity index (χ3v) is 17.5. The third-order valence-electron chi connectivity index (χ3n) is 17.5. The van der Waals surface area contributed by atoms with Gasteiger partial charge in [0.05, 0.1) is 0 Å². The lowest BCUT2D eigenvalue weighted by molar-refractivity contribution is -0.167. The van der Waals surface area contributed by atoms with E-state index in [4.69, 9.17) is 14.2 Å². The Bertz CT molecular complexity index is 1280. The van der Waals surface area contributed by atoms with Crippen LogP contribution in [0.1, 0.15) is 438 Å². The van der Waals surface area contributed by atoms with Crippen molar-refractivity contribution in [3.05, 3.63) is 12.2 Å². The van der Waals surface area contributed by atoms with Crippen LogP contribution in [0.2, 0.25) is 0 Å². The predicted molar refractivity (Wildman–Crippen MR) is 358 cm³/mol. The highest BCUT2D eigenvalue weighted by Gasteiger charge is 2.20. The molecule has 0 aliphatic carbocycles. The maximum atomic E-state index is 12.9. The quantitative estimate of drug-likeness (QED) is 0.0261. The van der Waals surface area contributed by atoms with E-state index in [9.17, 15) is 14.4 Å². The number of carbonyl (C=O) groups excluding carboxylic acids is 3. The SMILES string of the molecule is CCCCCCCC/C=C\CCCCCCCC(=O)OC(COC(=O)CCCCCCCCCCCCCCCC)COC(=O)CCCCCCCCCCCCCCCCCCCCCCCCCCCCCCCCCCCCC. The average molecular weight is 1160 g/mol. The molecule has 0 rings (SSSR count). The second kappa shape index (κ2) is 71.6. The van der Waals surface area contributed by atoms with Gasteiger partial charge >= 0.3 is 17.9 Å². The summed E-state index contributed by atoms with van der Waals surface area (Å²) >= 11 is 0. The molecule has 1 unspecified atom stereocenters. The second-order valence-electron chi connectivity index (χ2n) is 25.9. The van der Waals surface area contributed by atoms with Gasteiger partial charge in [0.25, 0.3) is 0 Å². The molecular weight excluding hydrogens is 1010 g/mol. The van der Waals surface area contributed by atoms with Gasteiger partial charge < -0.3 is 14.2 Å². The van der Waals surface area contributed by atoms with Crippen LogP contribution < -0.4 is 0 Å². The van der Waals surface area contributed by atoms with Gasteiger partial charge in [-0.15, -0.1) is 0 Å². The van der Waals surface area contributed by atoms with Crippen LogP contribution in [0.3, 0.4) is 0 Å². The maximum Gasteiger partial charge on any atom is 0.306 e. The minimum Gasteiger partial charge on any atom is -0.462 e. The Labute approximate surface area is 513 Å². The summed E-state index contributed by atoms with van der Waals surface area (Å²) in [5.41, 5.74) is 0. The summed E-state index contributed by atoms with van der Waals surface area (Å²) < 4.78 is 17.0. The van der Waals surface area contributed by atoms with Crippen molar-refractivity contribution in [1.82, 2.24) is 0 Å². The zero-order valence-corrected chi connectivity index (χ0v) is 56.1. The summed E-state index contributed by atoms with van der Waals surface area (Å²) in [6, 6.07) is 0. The van der Waals surface area contributed by atoms with Gasteiger partial charge in [0.15, 0.2) is 6.10 Å². The molecule has 0 aromatic heterocycles. The first-order valence-corrected chi connectivity index (χ1v) is 37.7. The van der Waals surface area contributed by atoms with Crippen LogP contribution in [0.5, 0.6) is 0 Å². The molecule has 0 bridgehead atoms. The van der Waals surface area contributed by atoms with Crippen LogP contribution >= 0.6 is 0 Å². The molecule has 0 N–H and O–H groups in total. The van der Waals surface area contributed by atoms with Crippen molar-refractivity contribution in [2.45, 2.75) is 444 Å². The van der Waals surface area contributed by atoms with E-state index < -0.39 is 6.10 Å². The highest BCUT2D eigenvalue weighted by Crippen LogP contribution is 2.20. The summed E-state index contributed by atoms with van der Waals surface area (Å²) in [5, 5.41) is 0. The van der Waals surface area contributed by atoms with Crippen LogP contribution in [0.4, 0.5) is 0 Å². The van der Waals surface area contributed by atoms with Gasteiger partial charge in [-0.25, -0.2) is 0 Å². The molecule has 486 valence electrons. The van der Waals surface area contributed by atoms with Gasteiger partial charge in [-0.2, -0.15) is 0 Å². The number of unbranched alkanes of at least 4 members (excludes halogenated alkanes) is 58. The Hall–Kier alpha value is -1.85. The first-order valence-electron chi connectivity index (χ1n) is 37.7. The number of hydrogen-bond acceptors (Lipinski definition) is 6. The van der Waals surface area contributed by atoms with Crippen LogP contribution in [0.25, 0.3) is 0 Å². The lowest BCUT2D eigenvalue weighted by Gasteiger charge is -2.18. The highest BCUT2D eigenvalue weighted by molar-refractivity contribution is 5.71. The fourth-order valence-electron chi connectivity index (χ4n) is 11.9. The van der Waals surface area contributed by atoms with Crippen molar-refractivity contribution in [1.29, 1.82) is 0 Å². The van der Waals surface area contributed by atoms with Crippen molar-refractivity contribution < 1.29 is 28.6 Å². The molecule has 6 heteroatoms. The van der Waals surface area contributed by atoms with Gasteiger partial charge in [-0.1, -0.05) is 386 Å². The molecule has 0 fully saturated rings. The average Bonchev–Trinajstić information content (AvgIpc) is 3.47. The molecule has 0 saturated heterocycles. The zero-order valence-electron chi connectivity index (χ0n) is 56.1. The summed E-state index contributed by atoms with van der Waals surface area (Å²) in [6.45, 7) is 6.72. The summed E-state index contributed by atoms with van der Waals surface area (Å²) in [7, 11) is 0. The fourth-order valence-corrected chi connectivity index (χ4v) is 11.9. The van der Waals surface area contributed by atoms with Crippen LogP contribution in [0.15, 0.2) is 12.2 Å². The van der Waals surface area contributed by atoms with E-state index in [1.54, 1.807) is 0 Å². The molecule has 0 radical (unpaired) electrons. The van der Waals surface area contributed by atoms with Crippen LogP contribution in [-0.4, -0.2) is 37.2 Å². The molecule has 0 aliphatic heterocycles. The van der Waals surface area contributed by atoms with E-state index in [0.29, 0.717) is 19.3 Å².